The molecule has 59 heavy (non-hydrogen) atoms. The highest BCUT2D eigenvalue weighted by molar-refractivity contribution is 6.03. The van der Waals surface area contributed by atoms with E-state index in [0.29, 0.717) is 30.2 Å². The predicted octanol–water partition coefficient (Wildman–Crippen LogP) is 4.86. The van der Waals surface area contributed by atoms with Crippen molar-refractivity contribution in [3.63, 3.8) is 0 Å². The second-order valence-corrected chi connectivity index (χ2v) is 17.7. The zero-order valence-electron chi connectivity index (χ0n) is 35.5. The number of ether oxygens (including phenoxy) is 1. The van der Waals surface area contributed by atoms with Crippen LogP contribution in [0.3, 0.4) is 0 Å². The van der Waals surface area contributed by atoms with E-state index in [-0.39, 0.29) is 31.8 Å². The SMILES string of the molecule is CCC(C)(COCC(C)(C)CNC(=O)c1ccc(-c2c3ccc(=[N+]4CCN(C)CC4)cc-3oc3cc(N4CCN(C)CC4)ccc23)cc1)CC(=O)ON1C(=O)CCC1=O. The van der Waals surface area contributed by atoms with E-state index in [2.05, 4.69) is 75.1 Å². The number of fused-ring (bicyclic) bond motifs is 2. The Morgan fingerprint density at radius 2 is 1.51 bits per heavy atom. The first-order chi connectivity index (χ1) is 28.2. The summed E-state index contributed by atoms with van der Waals surface area (Å²) in [6, 6.07) is 20.9. The number of likely N-dealkylation sites (N-methyl/N-ethyl adjacent to an activating group) is 2. The molecule has 0 spiro atoms. The van der Waals surface area contributed by atoms with Gasteiger partial charge in [0.1, 0.15) is 11.3 Å². The van der Waals surface area contributed by atoms with Crippen LogP contribution in [0.15, 0.2) is 65.1 Å². The molecule has 3 saturated heterocycles. The molecule has 0 saturated carbocycles. The number of benzene rings is 3. The molecule has 4 heterocycles. The molecule has 4 aliphatic heterocycles. The van der Waals surface area contributed by atoms with Gasteiger partial charge >= 0.3 is 5.97 Å². The molecular formula is C46H59N6O7+. The van der Waals surface area contributed by atoms with Gasteiger partial charge in [0.05, 0.1) is 38.8 Å². The zero-order valence-corrected chi connectivity index (χ0v) is 35.5. The molecule has 1 N–H and O–H groups in total. The van der Waals surface area contributed by atoms with Crippen molar-refractivity contribution >= 4 is 40.3 Å². The normalized spacial score (nSPS) is 18.2. The Morgan fingerprint density at radius 3 is 2.19 bits per heavy atom. The summed E-state index contributed by atoms with van der Waals surface area (Å²) in [6.07, 6.45) is 0.711. The van der Waals surface area contributed by atoms with Crippen molar-refractivity contribution in [1.82, 2.24) is 24.8 Å². The van der Waals surface area contributed by atoms with Gasteiger partial charge in [0.25, 0.3) is 17.7 Å². The number of amides is 3. The van der Waals surface area contributed by atoms with Crippen LogP contribution in [0.1, 0.15) is 63.7 Å². The Morgan fingerprint density at radius 1 is 0.831 bits per heavy atom. The first-order valence-electron chi connectivity index (χ1n) is 20.9. The predicted molar refractivity (Wildman–Crippen MR) is 228 cm³/mol. The van der Waals surface area contributed by atoms with Crippen LogP contribution in [0.4, 0.5) is 5.69 Å². The largest absolute Gasteiger partial charge is 0.456 e. The highest BCUT2D eigenvalue weighted by Gasteiger charge is 2.36. The van der Waals surface area contributed by atoms with Crippen LogP contribution in [0, 0.1) is 10.8 Å². The fourth-order valence-corrected chi connectivity index (χ4v) is 7.95. The lowest BCUT2D eigenvalue weighted by molar-refractivity contribution is -0.199. The molecule has 2 aromatic carbocycles. The maximum Gasteiger partial charge on any atom is 0.333 e. The summed E-state index contributed by atoms with van der Waals surface area (Å²) in [4.78, 5) is 62.1. The van der Waals surface area contributed by atoms with E-state index in [1.165, 1.54) is 0 Å². The summed E-state index contributed by atoms with van der Waals surface area (Å²) >= 11 is 0. The van der Waals surface area contributed by atoms with Crippen molar-refractivity contribution in [3.05, 3.63) is 71.6 Å². The lowest BCUT2D eigenvalue weighted by Crippen LogP contribution is -2.46. The van der Waals surface area contributed by atoms with Gasteiger partial charge in [0.2, 0.25) is 5.36 Å². The Labute approximate surface area is 346 Å². The van der Waals surface area contributed by atoms with Crippen LogP contribution in [0.5, 0.6) is 0 Å². The highest BCUT2D eigenvalue weighted by Crippen LogP contribution is 2.41. The second-order valence-electron chi connectivity index (χ2n) is 17.7. The fraction of sp³-hybridized carbons (Fsp3) is 0.500. The highest BCUT2D eigenvalue weighted by atomic mass is 16.7. The molecule has 13 heteroatoms. The minimum Gasteiger partial charge on any atom is -0.456 e. The molecule has 0 aromatic heterocycles. The topological polar surface area (TPSA) is 128 Å². The number of hydrogen-bond donors (Lipinski definition) is 1. The zero-order chi connectivity index (χ0) is 41.9. The molecule has 1 aliphatic carbocycles. The van der Waals surface area contributed by atoms with Gasteiger partial charge in [0, 0.05) is 96.3 Å². The van der Waals surface area contributed by atoms with E-state index in [1.54, 1.807) is 0 Å². The van der Waals surface area contributed by atoms with E-state index < -0.39 is 28.6 Å². The quantitative estimate of drug-likeness (QED) is 0.114. The Kier molecular flexibility index (Phi) is 12.6. The third-order valence-electron chi connectivity index (χ3n) is 12.2. The Balaban J connectivity index is 1.04. The van der Waals surface area contributed by atoms with Crippen molar-refractivity contribution in [2.75, 3.05) is 91.1 Å². The monoisotopic (exact) mass is 807 g/mol. The van der Waals surface area contributed by atoms with E-state index in [9.17, 15) is 19.2 Å². The number of carbonyl (C=O) groups is 4. The lowest BCUT2D eigenvalue weighted by atomic mass is 9.85. The second kappa shape index (κ2) is 17.6. The number of carbonyl (C=O) groups excluding carboxylic acids is 4. The number of piperazine rings is 2. The van der Waals surface area contributed by atoms with Crippen LogP contribution >= 0.6 is 0 Å². The number of rotatable bonds is 13. The number of hydroxylamine groups is 2. The lowest BCUT2D eigenvalue weighted by Gasteiger charge is -2.34. The molecule has 7 rings (SSSR count). The first kappa shape index (κ1) is 42.0. The summed E-state index contributed by atoms with van der Waals surface area (Å²) in [5.74, 6) is -0.993. The van der Waals surface area contributed by atoms with Crippen molar-refractivity contribution < 1.29 is 33.2 Å². The van der Waals surface area contributed by atoms with Crippen LogP contribution in [0.25, 0.3) is 33.4 Å². The average molecular weight is 808 g/mol. The maximum absolute atomic E-state index is 13.5. The van der Waals surface area contributed by atoms with Crippen molar-refractivity contribution in [3.8, 4) is 22.5 Å². The summed E-state index contributed by atoms with van der Waals surface area (Å²) < 4.78 is 15.3. The van der Waals surface area contributed by atoms with E-state index in [4.69, 9.17) is 14.0 Å². The van der Waals surface area contributed by atoms with E-state index in [0.717, 1.165) is 96.8 Å². The molecule has 314 valence electrons. The van der Waals surface area contributed by atoms with Crippen LogP contribution < -0.4 is 20.1 Å². The van der Waals surface area contributed by atoms with Gasteiger partial charge in [-0.05, 0) is 56.4 Å². The summed E-state index contributed by atoms with van der Waals surface area (Å²) in [5, 5.41) is 5.85. The van der Waals surface area contributed by atoms with Gasteiger partial charge in [-0.15, -0.1) is 5.06 Å². The molecular weight excluding hydrogens is 749 g/mol. The van der Waals surface area contributed by atoms with Gasteiger partial charge < -0.3 is 29.1 Å². The molecule has 0 bridgehead atoms. The van der Waals surface area contributed by atoms with Crippen LogP contribution in [0.2, 0.25) is 0 Å². The molecule has 13 nitrogen and oxygen atoms in total. The smallest absolute Gasteiger partial charge is 0.333 e. The van der Waals surface area contributed by atoms with Crippen molar-refractivity contribution in [2.45, 2.75) is 53.4 Å². The number of anilines is 1. The molecule has 3 fully saturated rings. The number of hydrogen-bond acceptors (Lipinski definition) is 10. The number of nitrogens with zero attached hydrogens (tertiary/aromatic N) is 5. The molecule has 1 unspecified atom stereocenters. The van der Waals surface area contributed by atoms with Gasteiger partial charge in [-0.3, -0.25) is 19.3 Å². The number of nitrogens with one attached hydrogen (secondary N) is 1. The van der Waals surface area contributed by atoms with Gasteiger partial charge in [-0.2, -0.15) is 0 Å². The van der Waals surface area contributed by atoms with E-state index in [1.807, 2.05) is 52.0 Å². The third-order valence-corrected chi connectivity index (χ3v) is 12.2. The summed E-state index contributed by atoms with van der Waals surface area (Å²) in [5.41, 5.74) is 4.68. The molecule has 2 aromatic rings. The summed E-state index contributed by atoms with van der Waals surface area (Å²) in [6.45, 7) is 16.8. The third kappa shape index (κ3) is 9.86. The average Bonchev–Trinajstić information content (AvgIpc) is 3.54. The van der Waals surface area contributed by atoms with Crippen LogP contribution in [-0.4, -0.2) is 125 Å². The van der Waals surface area contributed by atoms with Gasteiger partial charge in [0.15, 0.2) is 13.1 Å². The molecule has 1 atom stereocenters. The standard InChI is InChI=1S/C46H58N6O7/c1-7-46(4,28-42(55)59-52-40(53)16-17-41(52)54)31-57-30-45(2,3)29-47-44(56)33-10-8-32(9-11-33)43-36-14-12-34(50-22-18-48(5)19-23-50)26-38(36)58-39-27-35(13-15-37(39)43)51-24-20-49(6)21-25-51/h8-15,26-27H,7,16-25,28-31H2,1-6H3/p+1. The van der Waals surface area contributed by atoms with Gasteiger partial charge in [-0.1, -0.05) is 39.8 Å². The fourth-order valence-electron chi connectivity index (χ4n) is 7.95. The van der Waals surface area contributed by atoms with Crippen LogP contribution in [-0.2, 0) is 24.0 Å². The number of imide groups is 1. The van der Waals surface area contributed by atoms with E-state index >= 15 is 0 Å². The first-order valence-corrected chi connectivity index (χ1v) is 20.9. The Bertz CT molecular complexity index is 2220. The minimum absolute atomic E-state index is 0.00759. The molecule has 5 aliphatic rings. The summed E-state index contributed by atoms with van der Waals surface area (Å²) in [7, 11) is 4.33. The molecule has 3 amide bonds. The van der Waals surface area contributed by atoms with Crippen molar-refractivity contribution in [2.24, 2.45) is 10.8 Å². The van der Waals surface area contributed by atoms with Crippen molar-refractivity contribution in [1.29, 1.82) is 0 Å². The molecule has 0 radical (unpaired) electrons. The maximum atomic E-state index is 13.5. The minimum atomic E-state index is -0.645. The Hall–Kier alpha value is -5.11. The van der Waals surface area contributed by atoms with Gasteiger partial charge in [-0.25, -0.2) is 9.37 Å².